The molecule has 0 aliphatic carbocycles. The first kappa shape index (κ1) is 13.4. The van der Waals surface area contributed by atoms with Gasteiger partial charge in [-0.25, -0.2) is 0 Å². The molecule has 0 bridgehead atoms. The second-order valence-electron chi connectivity index (χ2n) is 5.68. The highest BCUT2D eigenvalue weighted by Crippen LogP contribution is 2.32. The number of nitrogens with zero attached hydrogens (tertiary/aromatic N) is 2. The molecule has 1 saturated heterocycles. The number of ether oxygens (including phenoxy) is 2. The van der Waals surface area contributed by atoms with Crippen LogP contribution in [0.3, 0.4) is 0 Å². The van der Waals surface area contributed by atoms with Crippen LogP contribution in [-0.4, -0.2) is 44.5 Å². The van der Waals surface area contributed by atoms with Gasteiger partial charge in [0.2, 0.25) is 0 Å². The van der Waals surface area contributed by atoms with Crippen LogP contribution < -0.4 is 10.2 Å². The van der Waals surface area contributed by atoms with Crippen molar-refractivity contribution in [2.45, 2.75) is 31.9 Å². The molecule has 2 heterocycles. The normalized spacial score (nSPS) is 27.9. The van der Waals surface area contributed by atoms with Crippen molar-refractivity contribution in [3.63, 3.8) is 0 Å². The van der Waals surface area contributed by atoms with E-state index in [2.05, 4.69) is 34.4 Å². The first-order chi connectivity index (χ1) is 9.55. The molecule has 2 unspecified atom stereocenters. The van der Waals surface area contributed by atoms with Crippen LogP contribution in [0.1, 0.15) is 13.8 Å². The van der Waals surface area contributed by atoms with Crippen molar-refractivity contribution >= 4 is 17.6 Å². The number of aliphatic imine (C=N–C) groups is 1. The quantitative estimate of drug-likeness (QED) is 0.858. The van der Waals surface area contributed by atoms with Gasteiger partial charge in [-0.15, -0.1) is 0 Å². The minimum Gasteiger partial charge on any atom is -0.359 e. The Morgan fingerprint density at radius 1 is 1.45 bits per heavy atom. The molecule has 1 aromatic rings. The van der Waals surface area contributed by atoms with Gasteiger partial charge in [0.15, 0.2) is 5.79 Å². The average molecular weight is 275 g/mol. The summed E-state index contributed by atoms with van der Waals surface area (Å²) in [6, 6.07) is 8.26. The molecule has 5 nitrogen and oxygen atoms in total. The molecule has 0 amide bonds. The van der Waals surface area contributed by atoms with Gasteiger partial charge in [-0.2, -0.15) is 0 Å². The number of para-hydroxylation sites is 2. The number of nitrogens with one attached hydrogen (secondary N) is 1. The lowest BCUT2D eigenvalue weighted by atomic mass is 10.3. The Hall–Kier alpha value is -1.59. The third kappa shape index (κ3) is 2.64. The van der Waals surface area contributed by atoms with Crippen molar-refractivity contribution in [2.75, 3.05) is 30.4 Å². The van der Waals surface area contributed by atoms with E-state index in [4.69, 9.17) is 9.47 Å². The minimum absolute atomic E-state index is 0.0512. The Bertz CT molecular complexity index is 516. The fourth-order valence-electron chi connectivity index (χ4n) is 2.58. The lowest BCUT2D eigenvalue weighted by molar-refractivity contribution is -0.137. The number of anilines is 2. The van der Waals surface area contributed by atoms with Crippen molar-refractivity contribution in [3.05, 3.63) is 24.3 Å². The van der Waals surface area contributed by atoms with E-state index in [1.165, 1.54) is 5.69 Å². The summed E-state index contributed by atoms with van der Waals surface area (Å²) < 4.78 is 11.3. The average Bonchev–Trinajstić information content (AvgIpc) is 2.91. The van der Waals surface area contributed by atoms with E-state index >= 15 is 0 Å². The minimum atomic E-state index is -0.473. The Morgan fingerprint density at radius 2 is 2.25 bits per heavy atom. The molecule has 5 heteroatoms. The number of rotatable bonds is 3. The van der Waals surface area contributed by atoms with Gasteiger partial charge in [0.1, 0.15) is 12.3 Å². The van der Waals surface area contributed by atoms with Crippen molar-refractivity contribution < 1.29 is 9.47 Å². The molecule has 0 spiro atoms. The third-order valence-corrected chi connectivity index (χ3v) is 3.63. The van der Waals surface area contributed by atoms with Gasteiger partial charge in [-0.1, -0.05) is 12.1 Å². The Labute approximate surface area is 119 Å². The molecule has 0 radical (unpaired) electrons. The molecule has 1 aromatic carbocycles. The topological polar surface area (TPSA) is 46.1 Å². The third-order valence-electron chi connectivity index (χ3n) is 3.63. The van der Waals surface area contributed by atoms with E-state index in [1.54, 1.807) is 0 Å². The summed E-state index contributed by atoms with van der Waals surface area (Å²) in [5.74, 6) is -0.473. The number of hydrogen-bond acceptors (Lipinski definition) is 5. The largest absolute Gasteiger partial charge is 0.359 e. The fraction of sp³-hybridized carbons (Fsp3) is 0.533. The highest BCUT2D eigenvalue weighted by Gasteiger charge is 2.32. The van der Waals surface area contributed by atoms with E-state index in [0.717, 1.165) is 5.69 Å². The van der Waals surface area contributed by atoms with Crippen LogP contribution in [0.15, 0.2) is 29.3 Å². The highest BCUT2D eigenvalue weighted by atomic mass is 16.7. The predicted molar refractivity (Wildman–Crippen MR) is 80.5 cm³/mol. The monoisotopic (exact) mass is 275 g/mol. The van der Waals surface area contributed by atoms with Crippen LogP contribution in [-0.2, 0) is 9.47 Å². The molecule has 2 atom stereocenters. The molecule has 20 heavy (non-hydrogen) atoms. The van der Waals surface area contributed by atoms with Crippen molar-refractivity contribution in [1.29, 1.82) is 0 Å². The van der Waals surface area contributed by atoms with E-state index in [-0.39, 0.29) is 12.3 Å². The number of hydrogen-bond donors (Lipinski definition) is 1. The summed E-state index contributed by atoms with van der Waals surface area (Å²) in [7, 11) is 2.06. The Balaban J connectivity index is 1.56. The van der Waals surface area contributed by atoms with E-state index in [9.17, 15) is 0 Å². The molecule has 2 aliphatic rings. The molecule has 2 aliphatic heterocycles. The zero-order chi connectivity index (χ0) is 14.2. The Morgan fingerprint density at radius 3 is 2.95 bits per heavy atom. The maximum absolute atomic E-state index is 5.73. The van der Waals surface area contributed by atoms with Gasteiger partial charge in [0.25, 0.3) is 0 Å². The Kier molecular flexibility index (Phi) is 3.40. The number of benzene rings is 1. The van der Waals surface area contributed by atoms with Crippen molar-refractivity contribution in [3.8, 4) is 0 Å². The van der Waals surface area contributed by atoms with Crippen LogP contribution >= 0.6 is 0 Å². The summed E-state index contributed by atoms with van der Waals surface area (Å²) in [6.07, 6.45) is 2.09. The van der Waals surface area contributed by atoms with Gasteiger partial charge in [0.05, 0.1) is 24.5 Å². The van der Waals surface area contributed by atoms with Crippen LogP contribution in [0.4, 0.5) is 11.4 Å². The van der Waals surface area contributed by atoms with Gasteiger partial charge >= 0.3 is 0 Å². The molecule has 1 fully saturated rings. The zero-order valence-corrected chi connectivity index (χ0v) is 12.2. The lowest BCUT2D eigenvalue weighted by Gasteiger charge is -2.18. The fourth-order valence-corrected chi connectivity index (χ4v) is 2.58. The summed E-state index contributed by atoms with van der Waals surface area (Å²) in [4.78, 5) is 6.68. The summed E-state index contributed by atoms with van der Waals surface area (Å²) in [5, 5.41) is 3.43. The van der Waals surface area contributed by atoms with Crippen LogP contribution in [0.2, 0.25) is 0 Å². The smallest absolute Gasteiger partial charge is 0.163 e. The van der Waals surface area contributed by atoms with Crippen LogP contribution in [0.5, 0.6) is 0 Å². The molecule has 0 aromatic heterocycles. The van der Waals surface area contributed by atoms with Gasteiger partial charge in [-0.3, -0.25) is 4.99 Å². The summed E-state index contributed by atoms with van der Waals surface area (Å²) >= 11 is 0. The molecule has 1 N–H and O–H groups in total. The zero-order valence-electron chi connectivity index (χ0n) is 12.2. The standard InChI is InChI=1S/C15H21N3O2/c1-15(2)19-10-11(20-15)8-16-9-14-17-12-6-4-5-7-13(12)18(14)3/h4-7,9,11,14,17H,8,10H2,1-3H3. The van der Waals surface area contributed by atoms with Gasteiger partial charge in [0, 0.05) is 13.3 Å². The van der Waals surface area contributed by atoms with Gasteiger partial charge < -0.3 is 19.7 Å². The first-order valence-electron chi connectivity index (χ1n) is 6.95. The predicted octanol–water partition coefficient (Wildman–Crippen LogP) is 2.10. The second kappa shape index (κ2) is 5.07. The van der Waals surface area contributed by atoms with E-state index < -0.39 is 5.79 Å². The molecule has 0 saturated carbocycles. The van der Waals surface area contributed by atoms with E-state index in [0.29, 0.717) is 13.2 Å². The molecular weight excluding hydrogens is 254 g/mol. The van der Waals surface area contributed by atoms with Crippen molar-refractivity contribution in [2.24, 2.45) is 4.99 Å². The second-order valence-corrected chi connectivity index (χ2v) is 5.68. The SMILES string of the molecule is CN1c2ccccc2NC1C=NCC1COC(C)(C)O1. The summed E-state index contributed by atoms with van der Waals surface area (Å²) in [5.41, 5.74) is 2.35. The number of fused-ring (bicyclic) bond motifs is 1. The first-order valence-corrected chi connectivity index (χ1v) is 6.95. The maximum Gasteiger partial charge on any atom is 0.163 e. The maximum atomic E-state index is 5.73. The van der Waals surface area contributed by atoms with Crippen LogP contribution in [0.25, 0.3) is 0 Å². The molecule has 108 valence electrons. The van der Waals surface area contributed by atoms with Crippen LogP contribution in [0, 0.1) is 0 Å². The van der Waals surface area contributed by atoms with E-state index in [1.807, 2.05) is 32.2 Å². The molecular formula is C15H21N3O2. The highest BCUT2D eigenvalue weighted by molar-refractivity contribution is 5.85. The summed E-state index contributed by atoms with van der Waals surface area (Å²) in [6.45, 7) is 5.10. The molecule has 3 rings (SSSR count). The van der Waals surface area contributed by atoms with Crippen molar-refractivity contribution in [1.82, 2.24) is 0 Å². The van der Waals surface area contributed by atoms with Gasteiger partial charge in [-0.05, 0) is 26.0 Å². The lowest BCUT2D eigenvalue weighted by Crippen LogP contribution is -2.34.